The topological polar surface area (TPSA) is 142 Å². The van der Waals surface area contributed by atoms with Gasteiger partial charge in [0, 0.05) is 17.1 Å². The van der Waals surface area contributed by atoms with Gasteiger partial charge in [-0.3, -0.25) is 5.32 Å². The Morgan fingerprint density at radius 2 is 2.03 bits per heavy atom. The number of carbonyl (C=O) groups excluding carboxylic acids is 2. The Labute approximate surface area is 171 Å². The van der Waals surface area contributed by atoms with Crippen LogP contribution in [-0.4, -0.2) is 48.7 Å². The van der Waals surface area contributed by atoms with E-state index in [2.05, 4.69) is 15.3 Å². The number of rotatable bonds is 4. The van der Waals surface area contributed by atoms with Crippen LogP contribution in [0.4, 0.5) is 10.7 Å². The number of amides is 2. The third-order valence-corrected chi connectivity index (χ3v) is 5.83. The molecule has 11 nitrogen and oxygen atoms in total. The summed E-state index contributed by atoms with van der Waals surface area (Å²) in [5.74, 6) is -0.705. The third kappa shape index (κ3) is 3.41. The summed E-state index contributed by atoms with van der Waals surface area (Å²) in [6, 6.07) is 7.10. The van der Waals surface area contributed by atoms with Crippen molar-refractivity contribution >= 4 is 38.9 Å². The number of urea groups is 1. The fraction of sp³-hybridized carbons (Fsp3) is 0.222. The lowest BCUT2D eigenvalue weighted by Gasteiger charge is -2.17. The Kier molecular flexibility index (Phi) is 4.78. The largest absolute Gasteiger partial charge is 0.481 e. The number of nitrogens with one attached hydrogen (secondary N) is 2. The standard InChI is InChI=1S/C18H17N5O6S/c1-10-9-13(28-2)20-17(19-10)21-18(25)22-30(26,27)15-11-5-3-4-6-12(11)23-7-8-29-16(24)14(15)23/h3-6,9H,7-8H2,1-2H3,(H2,19,20,21,22,25). The molecular weight excluding hydrogens is 414 g/mol. The van der Waals surface area contributed by atoms with E-state index in [0.29, 0.717) is 23.1 Å². The molecule has 0 saturated carbocycles. The summed E-state index contributed by atoms with van der Waals surface area (Å²) in [5, 5.41) is 2.57. The highest BCUT2D eigenvalue weighted by molar-refractivity contribution is 7.90. The van der Waals surface area contributed by atoms with Crippen LogP contribution in [0.25, 0.3) is 10.9 Å². The van der Waals surface area contributed by atoms with E-state index in [9.17, 15) is 18.0 Å². The van der Waals surface area contributed by atoms with Gasteiger partial charge in [-0.15, -0.1) is 0 Å². The van der Waals surface area contributed by atoms with Gasteiger partial charge in [-0.2, -0.15) is 4.98 Å². The fourth-order valence-electron chi connectivity index (χ4n) is 3.28. The predicted octanol–water partition coefficient (Wildman–Crippen LogP) is 1.43. The second-order valence-electron chi connectivity index (χ2n) is 6.42. The number of hydrogen-bond donors (Lipinski definition) is 2. The lowest BCUT2D eigenvalue weighted by molar-refractivity contribution is 0.0419. The molecule has 12 heteroatoms. The van der Waals surface area contributed by atoms with Gasteiger partial charge < -0.3 is 14.0 Å². The first-order valence-electron chi connectivity index (χ1n) is 8.82. The van der Waals surface area contributed by atoms with Crippen molar-refractivity contribution in [1.82, 2.24) is 19.3 Å². The highest BCUT2D eigenvalue weighted by Gasteiger charge is 2.35. The highest BCUT2D eigenvalue weighted by atomic mass is 32.2. The van der Waals surface area contributed by atoms with Crippen molar-refractivity contribution in [1.29, 1.82) is 0 Å². The average molecular weight is 431 g/mol. The van der Waals surface area contributed by atoms with Crippen LogP contribution in [0, 0.1) is 6.92 Å². The SMILES string of the molecule is COc1cc(C)nc(NC(=O)NS(=O)(=O)c2c3n(c4ccccc24)CCOC3=O)n1. The molecule has 2 aromatic heterocycles. The van der Waals surface area contributed by atoms with Crippen molar-refractivity contribution in [2.24, 2.45) is 0 Å². The minimum atomic E-state index is -4.43. The van der Waals surface area contributed by atoms with Crippen LogP contribution in [0.5, 0.6) is 5.88 Å². The molecular formula is C18H17N5O6S. The van der Waals surface area contributed by atoms with Crippen molar-refractivity contribution in [2.45, 2.75) is 18.4 Å². The van der Waals surface area contributed by atoms with Crippen LogP contribution >= 0.6 is 0 Å². The van der Waals surface area contributed by atoms with Crippen LogP contribution in [0.3, 0.4) is 0 Å². The Hall–Kier alpha value is -3.67. The van der Waals surface area contributed by atoms with E-state index in [4.69, 9.17) is 9.47 Å². The van der Waals surface area contributed by atoms with Crippen LogP contribution in [0.1, 0.15) is 16.2 Å². The van der Waals surface area contributed by atoms with E-state index in [1.54, 1.807) is 41.8 Å². The lowest BCUT2D eigenvalue weighted by Crippen LogP contribution is -2.36. The second-order valence-corrected chi connectivity index (χ2v) is 8.04. The Balaban J connectivity index is 1.70. The van der Waals surface area contributed by atoms with Gasteiger partial charge in [-0.25, -0.2) is 27.7 Å². The number of fused-ring (bicyclic) bond motifs is 3. The summed E-state index contributed by atoms with van der Waals surface area (Å²) in [6.45, 7) is 2.10. The molecule has 0 aliphatic carbocycles. The first-order chi connectivity index (χ1) is 14.3. The third-order valence-electron chi connectivity index (χ3n) is 4.43. The molecule has 2 amide bonds. The van der Waals surface area contributed by atoms with E-state index < -0.39 is 22.0 Å². The zero-order valence-corrected chi connectivity index (χ0v) is 16.8. The maximum absolute atomic E-state index is 13.1. The molecule has 0 saturated heterocycles. The number of cyclic esters (lactones) is 1. The number of hydrogen-bond acceptors (Lipinski definition) is 8. The van der Waals surface area contributed by atoms with E-state index >= 15 is 0 Å². The van der Waals surface area contributed by atoms with Crippen LogP contribution in [0.2, 0.25) is 0 Å². The molecule has 3 heterocycles. The van der Waals surface area contributed by atoms with Crippen molar-refractivity contribution in [3.63, 3.8) is 0 Å². The van der Waals surface area contributed by atoms with Gasteiger partial charge in [-0.1, -0.05) is 18.2 Å². The second kappa shape index (κ2) is 7.30. The molecule has 156 valence electrons. The maximum atomic E-state index is 13.1. The maximum Gasteiger partial charge on any atom is 0.356 e. The van der Waals surface area contributed by atoms with E-state index in [0.717, 1.165) is 0 Å². The first kappa shape index (κ1) is 19.6. The quantitative estimate of drug-likeness (QED) is 0.591. The van der Waals surface area contributed by atoms with Crippen molar-refractivity contribution < 1.29 is 27.5 Å². The number of benzene rings is 1. The molecule has 2 N–H and O–H groups in total. The molecule has 0 spiro atoms. The van der Waals surface area contributed by atoms with Crippen LogP contribution in [-0.2, 0) is 21.3 Å². The minimum absolute atomic E-state index is 0.128. The van der Waals surface area contributed by atoms with Crippen LogP contribution < -0.4 is 14.8 Å². The first-order valence-corrected chi connectivity index (χ1v) is 10.3. The normalized spacial score (nSPS) is 13.5. The van der Waals surface area contributed by atoms with Gasteiger partial charge in [0.2, 0.25) is 11.8 Å². The van der Waals surface area contributed by atoms with Crippen molar-refractivity contribution in [3.8, 4) is 5.88 Å². The number of aromatic nitrogens is 3. The van der Waals surface area contributed by atoms with E-state index in [1.807, 2.05) is 4.72 Å². The number of aryl methyl sites for hydroxylation is 1. The summed E-state index contributed by atoms with van der Waals surface area (Å²) in [4.78, 5) is 32.3. The molecule has 1 aromatic carbocycles. The minimum Gasteiger partial charge on any atom is -0.481 e. The van der Waals surface area contributed by atoms with Gasteiger partial charge in [0.05, 0.1) is 19.2 Å². The average Bonchev–Trinajstić information content (AvgIpc) is 3.04. The molecule has 0 bridgehead atoms. The van der Waals surface area contributed by atoms with E-state index in [-0.39, 0.29) is 29.0 Å². The molecule has 1 aliphatic heterocycles. The van der Waals surface area contributed by atoms with E-state index in [1.165, 1.54) is 7.11 Å². The molecule has 1 aliphatic rings. The van der Waals surface area contributed by atoms with Crippen molar-refractivity contribution in [2.75, 3.05) is 19.0 Å². The molecule has 0 radical (unpaired) electrons. The smallest absolute Gasteiger partial charge is 0.356 e. The summed E-state index contributed by atoms with van der Waals surface area (Å²) in [5.41, 5.74) is 0.933. The number of ether oxygens (including phenoxy) is 2. The molecule has 0 fully saturated rings. The summed E-state index contributed by atoms with van der Waals surface area (Å²) in [6.07, 6.45) is 0. The Bertz CT molecular complexity index is 1280. The van der Waals surface area contributed by atoms with Gasteiger partial charge in [0.25, 0.3) is 10.0 Å². The van der Waals surface area contributed by atoms with Gasteiger partial charge in [0.1, 0.15) is 17.2 Å². The Morgan fingerprint density at radius 3 is 2.80 bits per heavy atom. The summed E-state index contributed by atoms with van der Waals surface area (Å²) in [7, 11) is -3.03. The molecule has 30 heavy (non-hydrogen) atoms. The number of sulfonamides is 1. The lowest BCUT2D eigenvalue weighted by atomic mass is 10.2. The Morgan fingerprint density at radius 1 is 1.27 bits per heavy atom. The number of methoxy groups -OCH3 is 1. The number of para-hydroxylation sites is 1. The summed E-state index contributed by atoms with van der Waals surface area (Å²) < 4.78 is 39.6. The number of esters is 1. The van der Waals surface area contributed by atoms with Crippen molar-refractivity contribution in [3.05, 3.63) is 41.7 Å². The van der Waals surface area contributed by atoms with Gasteiger partial charge >= 0.3 is 12.0 Å². The number of nitrogens with zero attached hydrogens (tertiary/aromatic N) is 3. The molecule has 4 rings (SSSR count). The van der Waals surface area contributed by atoms with Gasteiger partial charge in [-0.05, 0) is 13.0 Å². The molecule has 0 atom stereocenters. The molecule has 0 unspecified atom stereocenters. The molecule has 3 aromatic rings. The zero-order valence-electron chi connectivity index (χ0n) is 16.0. The van der Waals surface area contributed by atoms with Gasteiger partial charge in [0.15, 0.2) is 0 Å². The number of carbonyl (C=O) groups is 2. The monoisotopic (exact) mass is 431 g/mol. The number of anilines is 1. The summed E-state index contributed by atoms with van der Waals surface area (Å²) >= 11 is 0. The van der Waals surface area contributed by atoms with Crippen LogP contribution in [0.15, 0.2) is 35.2 Å². The predicted molar refractivity (Wildman–Crippen MR) is 105 cm³/mol. The fourth-order valence-corrected chi connectivity index (χ4v) is 4.58. The zero-order chi connectivity index (χ0) is 21.5. The highest BCUT2D eigenvalue weighted by Crippen LogP contribution is 2.32.